The summed E-state index contributed by atoms with van der Waals surface area (Å²) in [4.78, 5) is 4.77. The van der Waals surface area contributed by atoms with Gasteiger partial charge in [0.05, 0.1) is 5.45 Å². The lowest BCUT2D eigenvalue weighted by Crippen LogP contribution is -2.45. The predicted molar refractivity (Wildman–Crippen MR) is 69.0 cm³/mol. The summed E-state index contributed by atoms with van der Waals surface area (Å²) in [5, 5.41) is 0.815. The molecule has 1 heterocycles. The average Bonchev–Trinajstić information content (AvgIpc) is 2.29. The van der Waals surface area contributed by atoms with E-state index < -0.39 is 0 Å². The molecule has 1 aliphatic rings. The van der Waals surface area contributed by atoms with Crippen molar-refractivity contribution in [3.05, 3.63) is 29.3 Å². The average molecular weight is 290 g/mol. The highest BCUT2D eigenvalue weighted by atomic mass is 79.9. The standard InChI is InChI=1S/C11H14BrClN2/c12-9-14-4-6-15(7-5-14)11-3-1-2-10(13)8-11/h1-3,8H,4-7,9H2. The van der Waals surface area contributed by atoms with Crippen LogP contribution in [0.3, 0.4) is 0 Å². The molecule has 1 aliphatic heterocycles. The van der Waals surface area contributed by atoms with Crippen LogP contribution in [0.4, 0.5) is 5.69 Å². The summed E-state index contributed by atoms with van der Waals surface area (Å²) in [7, 11) is 0. The minimum absolute atomic E-state index is 0.815. The first kappa shape index (κ1) is 11.2. The summed E-state index contributed by atoms with van der Waals surface area (Å²) in [6.45, 7) is 4.37. The lowest BCUT2D eigenvalue weighted by Gasteiger charge is -2.35. The van der Waals surface area contributed by atoms with Crippen molar-refractivity contribution in [1.82, 2.24) is 4.90 Å². The van der Waals surface area contributed by atoms with Gasteiger partial charge >= 0.3 is 0 Å². The van der Waals surface area contributed by atoms with E-state index >= 15 is 0 Å². The van der Waals surface area contributed by atoms with Gasteiger partial charge in [0.2, 0.25) is 0 Å². The molecule has 0 unspecified atom stereocenters. The Morgan fingerprint density at radius 3 is 2.53 bits per heavy atom. The molecule has 1 aromatic rings. The van der Waals surface area contributed by atoms with Gasteiger partial charge in [-0.2, -0.15) is 0 Å². The minimum atomic E-state index is 0.815. The van der Waals surface area contributed by atoms with Crippen molar-refractivity contribution in [3.63, 3.8) is 0 Å². The molecular weight excluding hydrogens is 275 g/mol. The fourth-order valence-electron chi connectivity index (χ4n) is 1.80. The zero-order valence-corrected chi connectivity index (χ0v) is 10.8. The zero-order valence-electron chi connectivity index (χ0n) is 8.50. The molecule has 82 valence electrons. The molecule has 2 rings (SSSR count). The van der Waals surface area contributed by atoms with Gasteiger partial charge in [-0.15, -0.1) is 0 Å². The fourth-order valence-corrected chi connectivity index (χ4v) is 2.48. The van der Waals surface area contributed by atoms with Crippen LogP contribution >= 0.6 is 27.5 Å². The Balaban J connectivity index is 2.01. The highest BCUT2D eigenvalue weighted by Crippen LogP contribution is 2.20. The quantitative estimate of drug-likeness (QED) is 0.610. The van der Waals surface area contributed by atoms with Crippen LogP contribution < -0.4 is 4.90 Å². The summed E-state index contributed by atoms with van der Waals surface area (Å²) in [6.07, 6.45) is 0. The van der Waals surface area contributed by atoms with Gasteiger partial charge in [0.15, 0.2) is 0 Å². The molecule has 1 aromatic carbocycles. The van der Waals surface area contributed by atoms with E-state index in [0.717, 1.165) is 36.7 Å². The van der Waals surface area contributed by atoms with Gasteiger partial charge in [0.1, 0.15) is 0 Å². The highest BCUT2D eigenvalue weighted by molar-refractivity contribution is 9.09. The van der Waals surface area contributed by atoms with Gasteiger partial charge in [-0.05, 0) is 18.2 Å². The molecule has 0 radical (unpaired) electrons. The molecule has 0 atom stereocenters. The van der Waals surface area contributed by atoms with Crippen molar-refractivity contribution < 1.29 is 0 Å². The maximum atomic E-state index is 5.98. The smallest absolute Gasteiger partial charge is 0.0543 e. The number of benzene rings is 1. The van der Waals surface area contributed by atoms with Gasteiger partial charge in [0.25, 0.3) is 0 Å². The Kier molecular flexibility index (Phi) is 3.89. The summed E-state index contributed by atoms with van der Waals surface area (Å²) in [5.74, 6) is 0. The van der Waals surface area contributed by atoms with Crippen molar-refractivity contribution in [1.29, 1.82) is 0 Å². The molecule has 2 nitrogen and oxygen atoms in total. The fraction of sp³-hybridized carbons (Fsp3) is 0.455. The Morgan fingerprint density at radius 1 is 1.20 bits per heavy atom. The minimum Gasteiger partial charge on any atom is -0.369 e. The van der Waals surface area contributed by atoms with Crippen LogP contribution in [0.15, 0.2) is 24.3 Å². The van der Waals surface area contributed by atoms with E-state index in [4.69, 9.17) is 11.6 Å². The first-order valence-corrected chi connectivity index (χ1v) is 6.58. The number of rotatable bonds is 2. The van der Waals surface area contributed by atoms with Crippen molar-refractivity contribution in [2.75, 3.05) is 36.5 Å². The first-order valence-electron chi connectivity index (χ1n) is 5.08. The molecular formula is C11H14BrClN2. The molecule has 0 aliphatic carbocycles. The van der Waals surface area contributed by atoms with E-state index in [2.05, 4.69) is 31.8 Å². The molecule has 0 saturated carbocycles. The highest BCUT2D eigenvalue weighted by Gasteiger charge is 2.15. The third kappa shape index (κ3) is 2.86. The van der Waals surface area contributed by atoms with Gasteiger partial charge in [-0.3, -0.25) is 4.90 Å². The third-order valence-electron chi connectivity index (χ3n) is 2.71. The maximum Gasteiger partial charge on any atom is 0.0543 e. The van der Waals surface area contributed by atoms with Crippen LogP contribution in [-0.2, 0) is 0 Å². The first-order chi connectivity index (χ1) is 7.29. The van der Waals surface area contributed by atoms with Crippen LogP contribution in [0.25, 0.3) is 0 Å². The van der Waals surface area contributed by atoms with Gasteiger partial charge in [0, 0.05) is 36.9 Å². The Labute approximate surface area is 104 Å². The molecule has 15 heavy (non-hydrogen) atoms. The van der Waals surface area contributed by atoms with Crippen molar-refractivity contribution in [2.24, 2.45) is 0 Å². The number of alkyl halides is 1. The van der Waals surface area contributed by atoms with E-state index in [1.807, 2.05) is 18.2 Å². The molecule has 0 spiro atoms. The van der Waals surface area contributed by atoms with Crippen molar-refractivity contribution >= 4 is 33.2 Å². The third-order valence-corrected chi connectivity index (χ3v) is 3.66. The van der Waals surface area contributed by atoms with Crippen molar-refractivity contribution in [2.45, 2.75) is 0 Å². The second-order valence-corrected chi connectivity index (χ2v) is 4.64. The number of halogens is 2. The van der Waals surface area contributed by atoms with Crippen LogP contribution in [0.5, 0.6) is 0 Å². The van der Waals surface area contributed by atoms with Crippen molar-refractivity contribution in [3.8, 4) is 0 Å². The SMILES string of the molecule is Clc1cccc(N2CCN(CBr)CC2)c1. The molecule has 1 saturated heterocycles. The summed E-state index contributed by atoms with van der Waals surface area (Å²) in [5.41, 5.74) is 2.20. The summed E-state index contributed by atoms with van der Waals surface area (Å²) in [6, 6.07) is 8.08. The molecule has 0 aromatic heterocycles. The van der Waals surface area contributed by atoms with E-state index in [0.29, 0.717) is 0 Å². The Bertz CT molecular complexity index is 324. The molecule has 0 N–H and O–H groups in total. The number of hydrogen-bond acceptors (Lipinski definition) is 2. The zero-order chi connectivity index (χ0) is 10.7. The Hall–Kier alpha value is -0.250. The summed E-state index contributed by atoms with van der Waals surface area (Å²) >= 11 is 9.46. The maximum absolute atomic E-state index is 5.98. The lowest BCUT2D eigenvalue weighted by molar-refractivity contribution is 0.303. The molecule has 1 fully saturated rings. The van der Waals surface area contributed by atoms with Crippen LogP contribution in [0.2, 0.25) is 5.02 Å². The van der Waals surface area contributed by atoms with Crippen LogP contribution in [0, 0.1) is 0 Å². The van der Waals surface area contributed by atoms with E-state index in [1.165, 1.54) is 5.69 Å². The molecule has 4 heteroatoms. The Morgan fingerprint density at radius 2 is 1.93 bits per heavy atom. The normalized spacial score (nSPS) is 18.1. The van der Waals surface area contributed by atoms with Crippen LogP contribution in [-0.4, -0.2) is 36.5 Å². The molecule has 0 amide bonds. The summed E-state index contributed by atoms with van der Waals surface area (Å²) < 4.78 is 0. The second-order valence-electron chi connectivity index (χ2n) is 3.70. The molecule has 0 bridgehead atoms. The van der Waals surface area contributed by atoms with Gasteiger partial charge in [-0.1, -0.05) is 33.6 Å². The second kappa shape index (κ2) is 5.19. The topological polar surface area (TPSA) is 6.48 Å². The number of hydrogen-bond donors (Lipinski definition) is 0. The van der Waals surface area contributed by atoms with E-state index in [1.54, 1.807) is 0 Å². The van der Waals surface area contributed by atoms with E-state index in [9.17, 15) is 0 Å². The monoisotopic (exact) mass is 288 g/mol. The van der Waals surface area contributed by atoms with E-state index in [-0.39, 0.29) is 0 Å². The predicted octanol–water partition coefficient (Wildman–Crippen LogP) is 2.81. The lowest BCUT2D eigenvalue weighted by atomic mass is 10.2. The number of nitrogens with zero attached hydrogens (tertiary/aromatic N) is 2. The number of piperazine rings is 1. The van der Waals surface area contributed by atoms with Gasteiger partial charge in [-0.25, -0.2) is 0 Å². The van der Waals surface area contributed by atoms with Crippen LogP contribution in [0.1, 0.15) is 0 Å². The van der Waals surface area contributed by atoms with Gasteiger partial charge < -0.3 is 4.90 Å². The number of anilines is 1. The largest absolute Gasteiger partial charge is 0.369 e.